The van der Waals surface area contributed by atoms with Gasteiger partial charge in [0.25, 0.3) is 6.71 Å². The Morgan fingerprint density at radius 1 is 0.537 bits per heavy atom. The lowest BCUT2D eigenvalue weighted by atomic mass is 9.34. The van der Waals surface area contributed by atoms with Crippen LogP contribution < -0.4 is 30.9 Å². The molecule has 2 heterocycles. The Bertz CT molecular complexity index is 1850. The lowest BCUT2D eigenvalue weighted by Gasteiger charge is -2.40. The molecule has 4 heteroatoms. The smallest absolute Gasteiger partial charge is 0.256 e. The molecule has 2 aliphatic heterocycles. The number of hydrogen-bond donors (Lipinski definition) is 0. The Morgan fingerprint density at radius 2 is 1.22 bits per heavy atom. The molecule has 0 aliphatic carbocycles. The first kappa shape index (κ1) is 23.7. The van der Waals surface area contributed by atoms with Gasteiger partial charge in [0.2, 0.25) is 0 Å². The second-order valence-electron chi connectivity index (χ2n) is 10.7. The van der Waals surface area contributed by atoms with Gasteiger partial charge in [-0.15, -0.1) is 0 Å². The van der Waals surface area contributed by atoms with Crippen molar-refractivity contribution in [3.8, 4) is 11.5 Å². The maximum Gasteiger partial charge on any atom is 0.256 e. The van der Waals surface area contributed by atoms with Crippen LogP contribution in [0, 0.1) is 6.92 Å². The van der Waals surface area contributed by atoms with E-state index in [2.05, 4.69) is 162 Å². The first-order chi connectivity index (χ1) is 20.3. The van der Waals surface area contributed by atoms with E-state index < -0.39 is 0 Å². The molecule has 41 heavy (non-hydrogen) atoms. The number of ether oxygens (including phenoxy) is 1. The van der Waals surface area contributed by atoms with Crippen LogP contribution in [0.3, 0.4) is 0 Å². The SMILES string of the molecule is Cc1ccc2c(c1)B1c3ccc(N(c4ccccc4)c4ccccc4)cc3N(c3ccccc3)c3cccc(c31)O2. The lowest BCUT2D eigenvalue weighted by molar-refractivity contribution is 0.487. The van der Waals surface area contributed by atoms with Gasteiger partial charge in [0.05, 0.1) is 0 Å². The first-order valence-corrected chi connectivity index (χ1v) is 14.1. The van der Waals surface area contributed by atoms with Crippen molar-refractivity contribution in [1.82, 2.24) is 0 Å². The molecular weight excluding hydrogens is 499 g/mol. The fourth-order valence-corrected chi connectivity index (χ4v) is 6.39. The Kier molecular flexibility index (Phi) is 5.46. The summed E-state index contributed by atoms with van der Waals surface area (Å²) in [6.45, 7) is 2.23. The van der Waals surface area contributed by atoms with E-state index in [1.165, 1.54) is 27.6 Å². The van der Waals surface area contributed by atoms with Gasteiger partial charge in [-0.05, 0) is 90.0 Å². The zero-order valence-electron chi connectivity index (χ0n) is 22.7. The van der Waals surface area contributed by atoms with Gasteiger partial charge in [-0.1, -0.05) is 84.4 Å². The number of para-hydroxylation sites is 3. The third-order valence-electron chi connectivity index (χ3n) is 8.14. The maximum absolute atomic E-state index is 6.52. The third kappa shape index (κ3) is 3.83. The molecule has 0 amide bonds. The molecule has 8 rings (SSSR count). The molecule has 0 saturated carbocycles. The number of hydrogen-bond acceptors (Lipinski definition) is 3. The highest BCUT2D eigenvalue weighted by molar-refractivity contribution is 6.99. The van der Waals surface area contributed by atoms with Crippen LogP contribution in [0.4, 0.5) is 34.1 Å². The van der Waals surface area contributed by atoms with Crippen LogP contribution in [0.1, 0.15) is 5.56 Å². The summed E-state index contributed by atoms with van der Waals surface area (Å²) in [6.07, 6.45) is 0. The average molecular weight is 526 g/mol. The van der Waals surface area contributed by atoms with Crippen molar-refractivity contribution in [2.24, 2.45) is 0 Å². The van der Waals surface area contributed by atoms with Crippen LogP contribution in [-0.4, -0.2) is 6.71 Å². The molecule has 0 atom stereocenters. The fraction of sp³-hybridized carbons (Fsp3) is 0.0270. The molecule has 2 aliphatic rings. The molecule has 0 saturated heterocycles. The van der Waals surface area contributed by atoms with Crippen LogP contribution in [0.25, 0.3) is 0 Å². The molecule has 3 nitrogen and oxygen atoms in total. The summed E-state index contributed by atoms with van der Waals surface area (Å²) >= 11 is 0. The summed E-state index contributed by atoms with van der Waals surface area (Å²) in [6, 6.07) is 51.7. The summed E-state index contributed by atoms with van der Waals surface area (Å²) < 4.78 is 6.52. The van der Waals surface area contributed by atoms with Crippen LogP contribution in [0.2, 0.25) is 0 Å². The molecule has 6 aromatic carbocycles. The molecule has 0 spiro atoms. The molecule has 0 aromatic heterocycles. The van der Waals surface area contributed by atoms with Gasteiger partial charge < -0.3 is 14.5 Å². The Hall–Kier alpha value is -5.22. The van der Waals surface area contributed by atoms with Crippen molar-refractivity contribution < 1.29 is 4.74 Å². The van der Waals surface area contributed by atoms with E-state index >= 15 is 0 Å². The molecule has 0 fully saturated rings. The van der Waals surface area contributed by atoms with Crippen molar-refractivity contribution in [2.45, 2.75) is 6.92 Å². The zero-order valence-corrected chi connectivity index (χ0v) is 22.7. The lowest BCUT2D eigenvalue weighted by Crippen LogP contribution is -2.59. The topological polar surface area (TPSA) is 15.7 Å². The van der Waals surface area contributed by atoms with E-state index in [4.69, 9.17) is 4.74 Å². The number of rotatable bonds is 4. The number of aryl methyl sites for hydroxylation is 1. The fourth-order valence-electron chi connectivity index (χ4n) is 6.39. The molecule has 0 N–H and O–H groups in total. The van der Waals surface area contributed by atoms with Crippen molar-refractivity contribution >= 4 is 57.2 Å². The summed E-state index contributed by atoms with van der Waals surface area (Å²) in [5, 5.41) is 0. The highest BCUT2D eigenvalue weighted by atomic mass is 16.5. The van der Waals surface area contributed by atoms with E-state index in [1.807, 2.05) is 0 Å². The monoisotopic (exact) mass is 526 g/mol. The Balaban J connectivity index is 1.40. The number of benzene rings is 6. The Labute approximate surface area is 241 Å². The van der Waals surface area contributed by atoms with Gasteiger partial charge in [0.1, 0.15) is 11.5 Å². The quantitative estimate of drug-likeness (QED) is 0.217. The van der Waals surface area contributed by atoms with Crippen LogP contribution in [0.15, 0.2) is 146 Å². The highest BCUT2D eigenvalue weighted by Crippen LogP contribution is 2.43. The minimum absolute atomic E-state index is 0.0794. The highest BCUT2D eigenvalue weighted by Gasteiger charge is 2.41. The Morgan fingerprint density at radius 3 is 1.93 bits per heavy atom. The summed E-state index contributed by atoms with van der Waals surface area (Å²) in [7, 11) is 0. The van der Waals surface area contributed by atoms with Crippen LogP contribution in [0.5, 0.6) is 11.5 Å². The van der Waals surface area contributed by atoms with Crippen molar-refractivity contribution in [2.75, 3.05) is 9.80 Å². The van der Waals surface area contributed by atoms with Gasteiger partial charge in [0.15, 0.2) is 0 Å². The minimum atomic E-state index is 0.0794. The average Bonchev–Trinajstić information content (AvgIpc) is 3.03. The zero-order chi connectivity index (χ0) is 27.3. The van der Waals surface area contributed by atoms with E-state index in [0.29, 0.717) is 0 Å². The second kappa shape index (κ2) is 9.46. The number of anilines is 6. The first-order valence-electron chi connectivity index (χ1n) is 14.1. The summed E-state index contributed by atoms with van der Waals surface area (Å²) in [4.78, 5) is 4.73. The normalized spacial score (nSPS) is 12.6. The molecule has 6 aromatic rings. The van der Waals surface area contributed by atoms with E-state index in [0.717, 1.165) is 39.9 Å². The number of nitrogens with zero attached hydrogens (tertiary/aromatic N) is 2. The third-order valence-corrected chi connectivity index (χ3v) is 8.14. The van der Waals surface area contributed by atoms with Gasteiger partial charge in [-0.3, -0.25) is 0 Å². The van der Waals surface area contributed by atoms with Gasteiger partial charge in [0, 0.05) is 34.1 Å². The predicted molar refractivity (Wildman–Crippen MR) is 172 cm³/mol. The van der Waals surface area contributed by atoms with Gasteiger partial charge in [-0.25, -0.2) is 0 Å². The predicted octanol–water partition coefficient (Wildman–Crippen LogP) is 7.87. The van der Waals surface area contributed by atoms with Crippen LogP contribution in [-0.2, 0) is 0 Å². The summed E-state index contributed by atoms with van der Waals surface area (Å²) in [5.41, 5.74) is 11.7. The number of fused-ring (bicyclic) bond motifs is 4. The molecule has 194 valence electrons. The van der Waals surface area contributed by atoms with E-state index in [9.17, 15) is 0 Å². The van der Waals surface area contributed by atoms with Crippen molar-refractivity contribution in [3.05, 3.63) is 151 Å². The maximum atomic E-state index is 6.52. The molecule has 0 bridgehead atoms. The minimum Gasteiger partial charge on any atom is -0.458 e. The van der Waals surface area contributed by atoms with Crippen molar-refractivity contribution in [3.63, 3.8) is 0 Å². The molecular formula is C37H27BN2O. The van der Waals surface area contributed by atoms with Gasteiger partial charge in [-0.2, -0.15) is 0 Å². The molecule has 0 unspecified atom stereocenters. The largest absolute Gasteiger partial charge is 0.458 e. The van der Waals surface area contributed by atoms with E-state index in [1.54, 1.807) is 0 Å². The van der Waals surface area contributed by atoms with Crippen molar-refractivity contribution in [1.29, 1.82) is 0 Å². The summed E-state index contributed by atoms with van der Waals surface area (Å²) in [5.74, 6) is 1.86. The van der Waals surface area contributed by atoms with Crippen LogP contribution >= 0.6 is 0 Å². The second-order valence-corrected chi connectivity index (χ2v) is 10.7. The molecule has 0 radical (unpaired) electrons. The van der Waals surface area contributed by atoms with Gasteiger partial charge >= 0.3 is 0 Å². The standard InChI is InChI=1S/C37H27BN2O/c1-26-20-23-35-32(24-26)38-31-22-21-30(39(27-12-5-2-6-13-27)28-14-7-3-8-15-28)25-34(31)40(29-16-9-4-10-17-29)33-18-11-19-36(41-35)37(33)38/h2-25H,1H3. The van der Waals surface area contributed by atoms with E-state index in [-0.39, 0.29) is 6.71 Å².